The highest BCUT2D eigenvalue weighted by Gasteiger charge is 2.46. The molecule has 1 aromatic carbocycles. The molecule has 0 unspecified atom stereocenters. The maximum Gasteiger partial charge on any atom is 0.285 e. The Balaban J connectivity index is 1.50. The van der Waals surface area contributed by atoms with Crippen molar-refractivity contribution in [2.24, 2.45) is 0 Å². The van der Waals surface area contributed by atoms with Crippen LogP contribution in [0.3, 0.4) is 0 Å². The van der Waals surface area contributed by atoms with Crippen molar-refractivity contribution in [3.05, 3.63) is 35.4 Å². The van der Waals surface area contributed by atoms with Crippen LogP contribution >= 0.6 is 0 Å². The normalized spacial score (nSPS) is 28.3. The Hall–Kier alpha value is -1.88. The molecule has 2 aliphatic rings. The summed E-state index contributed by atoms with van der Waals surface area (Å²) in [7, 11) is 6.49. The summed E-state index contributed by atoms with van der Waals surface area (Å²) >= 11 is 0. The zero-order valence-electron chi connectivity index (χ0n) is 18.4. The summed E-state index contributed by atoms with van der Waals surface area (Å²) in [6.45, 7) is 0.625. The van der Waals surface area contributed by atoms with Gasteiger partial charge in [-0.05, 0) is 31.4 Å². The molecule has 0 N–H and O–H groups in total. The standard InChI is InChI=1S/C22H31NO8/c1-26-13-17-19(28-3)20(29-4)18(27-2)16(31-17)11-7-8-12-30-23-21(24)14-9-5-6-10-15(14)22(23)25/h5-6,9-10,16-20H,7-8,11-13H2,1-4H3/t16-,17+,18+,19+,20+/m0/s1. The maximum atomic E-state index is 12.3. The number of carbonyl (C=O) groups is 2. The summed E-state index contributed by atoms with van der Waals surface area (Å²) in [5.41, 5.74) is 0.738. The number of amides is 2. The Morgan fingerprint density at radius 1 is 0.839 bits per heavy atom. The minimum Gasteiger partial charge on any atom is -0.382 e. The van der Waals surface area contributed by atoms with Crippen LogP contribution in [0, 0.1) is 0 Å². The number of rotatable bonds is 11. The third kappa shape index (κ3) is 4.97. The molecule has 1 saturated heterocycles. The van der Waals surface area contributed by atoms with E-state index in [9.17, 15) is 9.59 Å². The number of hydroxylamine groups is 2. The summed E-state index contributed by atoms with van der Waals surface area (Å²) in [4.78, 5) is 30.2. The first-order chi connectivity index (χ1) is 15.1. The lowest BCUT2D eigenvalue weighted by Gasteiger charge is -2.45. The van der Waals surface area contributed by atoms with Gasteiger partial charge in [-0.2, -0.15) is 0 Å². The molecule has 2 aliphatic heterocycles. The number of carbonyl (C=O) groups excluding carboxylic acids is 2. The van der Waals surface area contributed by atoms with Gasteiger partial charge in [0.1, 0.15) is 24.4 Å². The first-order valence-electron chi connectivity index (χ1n) is 10.4. The third-order valence-corrected chi connectivity index (χ3v) is 5.74. The van der Waals surface area contributed by atoms with Crippen molar-refractivity contribution in [1.82, 2.24) is 5.06 Å². The summed E-state index contributed by atoms with van der Waals surface area (Å²) in [5, 5.41) is 0.846. The Kier molecular flexibility index (Phi) is 8.53. The van der Waals surface area contributed by atoms with E-state index in [0.717, 1.165) is 11.5 Å². The molecule has 0 bridgehead atoms. The van der Waals surface area contributed by atoms with E-state index in [4.69, 9.17) is 28.5 Å². The molecule has 0 spiro atoms. The average Bonchev–Trinajstić information content (AvgIpc) is 3.03. The van der Waals surface area contributed by atoms with Gasteiger partial charge >= 0.3 is 0 Å². The van der Waals surface area contributed by atoms with Gasteiger partial charge in [0.2, 0.25) is 0 Å². The van der Waals surface area contributed by atoms with Crippen LogP contribution in [0.25, 0.3) is 0 Å². The van der Waals surface area contributed by atoms with Gasteiger partial charge in [-0.3, -0.25) is 14.4 Å². The van der Waals surface area contributed by atoms with E-state index < -0.39 is 11.8 Å². The number of methoxy groups -OCH3 is 4. The topological polar surface area (TPSA) is 92.8 Å². The van der Waals surface area contributed by atoms with Crippen LogP contribution in [0.4, 0.5) is 0 Å². The Labute approximate surface area is 182 Å². The molecule has 31 heavy (non-hydrogen) atoms. The predicted molar refractivity (Wildman–Crippen MR) is 110 cm³/mol. The lowest BCUT2D eigenvalue weighted by Crippen LogP contribution is -2.60. The SMILES string of the molecule is COC[C@H]1O[C@@H](CCCCON2C(=O)c3ccccc3C2=O)[C@@H](OC)[C@@H](OC)[C@@H]1OC. The molecule has 9 heteroatoms. The van der Waals surface area contributed by atoms with Gasteiger partial charge in [-0.15, -0.1) is 5.06 Å². The van der Waals surface area contributed by atoms with E-state index in [1.165, 1.54) is 0 Å². The van der Waals surface area contributed by atoms with Gasteiger partial charge in [0, 0.05) is 28.4 Å². The molecule has 172 valence electrons. The fourth-order valence-electron chi connectivity index (χ4n) is 4.25. The fourth-order valence-corrected chi connectivity index (χ4v) is 4.25. The highest BCUT2D eigenvalue weighted by Crippen LogP contribution is 2.30. The quantitative estimate of drug-likeness (QED) is 0.383. The van der Waals surface area contributed by atoms with Crippen LogP contribution in [-0.4, -0.2) is 89.1 Å². The predicted octanol–water partition coefficient (Wildman–Crippen LogP) is 1.84. The second kappa shape index (κ2) is 11.1. The number of ether oxygens (including phenoxy) is 5. The summed E-state index contributed by atoms with van der Waals surface area (Å²) in [6.07, 6.45) is 0.727. The Bertz CT molecular complexity index is 722. The third-order valence-electron chi connectivity index (χ3n) is 5.74. The number of benzene rings is 1. The van der Waals surface area contributed by atoms with Crippen LogP contribution < -0.4 is 0 Å². The molecule has 2 heterocycles. The number of nitrogens with zero attached hydrogens (tertiary/aromatic N) is 1. The van der Waals surface area contributed by atoms with Crippen LogP contribution in [0.1, 0.15) is 40.0 Å². The first-order valence-corrected chi connectivity index (χ1v) is 10.4. The molecule has 0 aliphatic carbocycles. The molecule has 5 atom stereocenters. The molecule has 0 aromatic heterocycles. The maximum absolute atomic E-state index is 12.3. The number of hydrogen-bond donors (Lipinski definition) is 0. The van der Waals surface area contributed by atoms with E-state index in [0.29, 0.717) is 30.6 Å². The van der Waals surface area contributed by atoms with E-state index in [2.05, 4.69) is 0 Å². The molecule has 1 aromatic rings. The zero-order valence-corrected chi connectivity index (χ0v) is 18.4. The molecular weight excluding hydrogens is 406 g/mol. The summed E-state index contributed by atoms with van der Waals surface area (Å²) < 4.78 is 28.4. The number of hydrogen-bond acceptors (Lipinski definition) is 8. The van der Waals surface area contributed by atoms with Gasteiger partial charge in [0.25, 0.3) is 11.8 Å². The molecular formula is C22H31NO8. The largest absolute Gasteiger partial charge is 0.382 e. The van der Waals surface area contributed by atoms with Gasteiger partial charge in [-0.25, -0.2) is 0 Å². The van der Waals surface area contributed by atoms with Crippen molar-refractivity contribution in [3.63, 3.8) is 0 Å². The zero-order chi connectivity index (χ0) is 22.4. The summed E-state index contributed by atoms with van der Waals surface area (Å²) in [5.74, 6) is -0.849. The minimum atomic E-state index is -0.424. The number of unbranched alkanes of at least 4 members (excludes halogenated alkanes) is 1. The van der Waals surface area contributed by atoms with Crippen molar-refractivity contribution >= 4 is 11.8 Å². The van der Waals surface area contributed by atoms with Crippen molar-refractivity contribution in [1.29, 1.82) is 0 Å². The fraction of sp³-hybridized carbons (Fsp3) is 0.636. The van der Waals surface area contributed by atoms with Crippen LogP contribution in [0.5, 0.6) is 0 Å². The van der Waals surface area contributed by atoms with Crippen LogP contribution in [0.2, 0.25) is 0 Å². The summed E-state index contributed by atoms with van der Waals surface area (Å²) in [6, 6.07) is 6.70. The number of imide groups is 1. The monoisotopic (exact) mass is 437 g/mol. The average molecular weight is 437 g/mol. The van der Waals surface area contributed by atoms with Gasteiger partial charge in [-0.1, -0.05) is 12.1 Å². The van der Waals surface area contributed by atoms with Crippen molar-refractivity contribution in [3.8, 4) is 0 Å². The van der Waals surface area contributed by atoms with E-state index in [1.54, 1.807) is 52.7 Å². The highest BCUT2D eigenvalue weighted by molar-refractivity contribution is 6.20. The van der Waals surface area contributed by atoms with Crippen LogP contribution in [-0.2, 0) is 28.5 Å². The number of fused-ring (bicyclic) bond motifs is 1. The lowest BCUT2D eigenvalue weighted by molar-refractivity contribution is -0.250. The molecule has 0 radical (unpaired) electrons. The van der Waals surface area contributed by atoms with Gasteiger partial charge < -0.3 is 23.7 Å². The van der Waals surface area contributed by atoms with Crippen molar-refractivity contribution < 1.29 is 38.1 Å². The lowest BCUT2D eigenvalue weighted by atomic mass is 9.92. The second-order valence-corrected chi connectivity index (χ2v) is 7.55. The van der Waals surface area contributed by atoms with E-state index >= 15 is 0 Å². The smallest absolute Gasteiger partial charge is 0.285 e. The molecule has 1 fully saturated rings. The molecule has 0 saturated carbocycles. The van der Waals surface area contributed by atoms with E-state index in [1.807, 2.05) is 0 Å². The molecule has 9 nitrogen and oxygen atoms in total. The Morgan fingerprint density at radius 3 is 1.97 bits per heavy atom. The van der Waals surface area contributed by atoms with Gasteiger partial charge in [0.05, 0.1) is 30.4 Å². The van der Waals surface area contributed by atoms with Crippen LogP contribution in [0.15, 0.2) is 24.3 Å². The first kappa shape index (κ1) is 23.8. The van der Waals surface area contributed by atoms with Gasteiger partial charge in [0.15, 0.2) is 0 Å². The van der Waals surface area contributed by atoms with E-state index in [-0.39, 0.29) is 37.1 Å². The highest BCUT2D eigenvalue weighted by atomic mass is 16.7. The molecule has 2 amide bonds. The minimum absolute atomic E-state index is 0.208. The van der Waals surface area contributed by atoms with Crippen molar-refractivity contribution in [2.75, 3.05) is 41.7 Å². The Morgan fingerprint density at radius 2 is 1.42 bits per heavy atom. The second-order valence-electron chi connectivity index (χ2n) is 7.55. The van der Waals surface area contributed by atoms with Crippen molar-refractivity contribution in [2.45, 2.75) is 49.8 Å². The molecule has 3 rings (SSSR count).